The summed E-state index contributed by atoms with van der Waals surface area (Å²) in [5.74, 6) is 1.37. The molecule has 0 unspecified atom stereocenters. The van der Waals surface area contributed by atoms with Gasteiger partial charge in [0.15, 0.2) is 0 Å². The van der Waals surface area contributed by atoms with E-state index in [1.165, 1.54) is 0 Å². The van der Waals surface area contributed by atoms with Crippen LogP contribution >= 0.6 is 11.6 Å². The van der Waals surface area contributed by atoms with Crippen molar-refractivity contribution < 1.29 is 9.53 Å². The number of hydrogen-bond acceptors (Lipinski definition) is 5. The molecule has 7 heteroatoms. The quantitative estimate of drug-likeness (QED) is 0.691. The Morgan fingerprint density at radius 3 is 2.65 bits per heavy atom. The van der Waals surface area contributed by atoms with Crippen molar-refractivity contribution in [3.63, 3.8) is 0 Å². The van der Waals surface area contributed by atoms with Gasteiger partial charge in [-0.2, -0.15) is 0 Å². The molecule has 0 bridgehead atoms. The van der Waals surface area contributed by atoms with E-state index in [2.05, 4.69) is 14.9 Å². The smallest absolute Gasteiger partial charge is 0.410 e. The van der Waals surface area contributed by atoms with Crippen LogP contribution in [0.25, 0.3) is 10.9 Å². The predicted octanol–water partition coefficient (Wildman–Crippen LogP) is 3.60. The van der Waals surface area contributed by atoms with Gasteiger partial charge in [0, 0.05) is 50.0 Å². The number of aromatic nitrogens is 2. The lowest BCUT2D eigenvalue weighted by Gasteiger charge is -2.34. The van der Waals surface area contributed by atoms with E-state index in [4.69, 9.17) is 16.3 Å². The molecule has 0 atom stereocenters. The van der Waals surface area contributed by atoms with E-state index in [1.807, 2.05) is 30.3 Å². The molecule has 0 radical (unpaired) electrons. The van der Waals surface area contributed by atoms with Gasteiger partial charge in [-0.25, -0.2) is 9.78 Å². The Labute approximate surface area is 156 Å². The Morgan fingerprint density at radius 2 is 1.88 bits per heavy atom. The molecule has 0 spiro atoms. The second kappa shape index (κ2) is 7.17. The topological polar surface area (TPSA) is 58.6 Å². The summed E-state index contributed by atoms with van der Waals surface area (Å²) < 4.78 is 5.51. The number of pyridine rings is 2. The number of fused-ring (bicyclic) bond motifs is 1. The number of piperazine rings is 1. The molecule has 3 heterocycles. The van der Waals surface area contributed by atoms with Gasteiger partial charge in [-0.1, -0.05) is 17.7 Å². The highest BCUT2D eigenvalue weighted by molar-refractivity contribution is 6.30. The second-order valence-electron chi connectivity index (χ2n) is 6.03. The molecule has 3 aromatic rings. The highest BCUT2D eigenvalue weighted by atomic mass is 35.5. The van der Waals surface area contributed by atoms with E-state index in [-0.39, 0.29) is 6.09 Å². The molecule has 0 saturated carbocycles. The van der Waals surface area contributed by atoms with Crippen molar-refractivity contribution in [3.05, 3.63) is 59.9 Å². The van der Waals surface area contributed by atoms with Crippen molar-refractivity contribution in [1.82, 2.24) is 14.9 Å². The summed E-state index contributed by atoms with van der Waals surface area (Å²) in [6.45, 7) is 2.55. The third-order valence-corrected chi connectivity index (χ3v) is 4.58. The van der Waals surface area contributed by atoms with Crippen LogP contribution < -0.4 is 9.64 Å². The van der Waals surface area contributed by atoms with Crippen LogP contribution in [0.5, 0.6) is 5.75 Å². The van der Waals surface area contributed by atoms with Crippen molar-refractivity contribution in [3.8, 4) is 5.75 Å². The van der Waals surface area contributed by atoms with Crippen LogP contribution in [-0.2, 0) is 0 Å². The van der Waals surface area contributed by atoms with Gasteiger partial charge in [-0.05, 0) is 30.3 Å². The molecule has 1 aliphatic heterocycles. The van der Waals surface area contributed by atoms with Gasteiger partial charge in [-0.15, -0.1) is 0 Å². The van der Waals surface area contributed by atoms with Gasteiger partial charge in [-0.3, -0.25) is 4.98 Å². The Morgan fingerprint density at radius 1 is 1.04 bits per heavy atom. The molecule has 0 N–H and O–H groups in total. The van der Waals surface area contributed by atoms with Crippen LogP contribution in [0, 0.1) is 0 Å². The summed E-state index contributed by atoms with van der Waals surface area (Å²) in [5, 5.41) is 1.62. The first-order valence-corrected chi connectivity index (χ1v) is 8.75. The minimum Gasteiger partial charge on any atom is -0.410 e. The molecule has 6 nitrogen and oxygen atoms in total. The minimum atomic E-state index is -0.344. The largest absolute Gasteiger partial charge is 0.415 e. The molecule has 1 aromatic carbocycles. The predicted molar refractivity (Wildman–Crippen MR) is 101 cm³/mol. The Kier molecular flexibility index (Phi) is 4.58. The third-order valence-electron chi connectivity index (χ3n) is 4.36. The van der Waals surface area contributed by atoms with Gasteiger partial charge in [0.1, 0.15) is 11.6 Å². The fourth-order valence-electron chi connectivity index (χ4n) is 2.95. The molecule has 2 aromatic heterocycles. The van der Waals surface area contributed by atoms with E-state index in [9.17, 15) is 4.79 Å². The number of halogens is 1. The van der Waals surface area contributed by atoms with E-state index in [1.54, 1.807) is 29.4 Å². The van der Waals surface area contributed by atoms with Gasteiger partial charge < -0.3 is 14.5 Å². The molecule has 1 fully saturated rings. The molecular weight excluding hydrogens is 352 g/mol. The molecule has 1 aliphatic rings. The molecule has 1 amide bonds. The number of nitrogens with zero attached hydrogens (tertiary/aromatic N) is 4. The lowest BCUT2D eigenvalue weighted by Crippen LogP contribution is -2.49. The average molecular weight is 369 g/mol. The summed E-state index contributed by atoms with van der Waals surface area (Å²) in [6, 6.07) is 13.0. The molecule has 0 aliphatic carbocycles. The van der Waals surface area contributed by atoms with Crippen LogP contribution in [0.15, 0.2) is 54.9 Å². The van der Waals surface area contributed by atoms with Gasteiger partial charge in [0.2, 0.25) is 0 Å². The number of benzene rings is 1. The van der Waals surface area contributed by atoms with E-state index in [0.29, 0.717) is 37.0 Å². The van der Waals surface area contributed by atoms with Crippen LogP contribution in [0.4, 0.5) is 10.6 Å². The fraction of sp³-hybridized carbons (Fsp3) is 0.211. The Bertz CT molecular complexity index is 924. The normalized spacial score (nSPS) is 14.5. The number of carbonyl (C=O) groups is 1. The van der Waals surface area contributed by atoms with E-state index >= 15 is 0 Å². The van der Waals surface area contributed by atoms with Crippen LogP contribution in [0.3, 0.4) is 0 Å². The van der Waals surface area contributed by atoms with Crippen molar-refractivity contribution in [2.75, 3.05) is 31.1 Å². The summed E-state index contributed by atoms with van der Waals surface area (Å²) in [7, 11) is 0. The SMILES string of the molecule is O=C(Oc1ccc2cccnc2c1)N1CCN(c2ccc(Cl)cn2)CC1. The van der Waals surface area contributed by atoms with Crippen molar-refractivity contribution in [2.24, 2.45) is 0 Å². The monoisotopic (exact) mass is 368 g/mol. The fourth-order valence-corrected chi connectivity index (χ4v) is 3.06. The first-order valence-electron chi connectivity index (χ1n) is 8.37. The number of rotatable bonds is 2. The maximum Gasteiger partial charge on any atom is 0.415 e. The van der Waals surface area contributed by atoms with Gasteiger partial charge in [0.25, 0.3) is 0 Å². The third kappa shape index (κ3) is 3.55. The molecule has 4 rings (SSSR count). The standard InChI is InChI=1S/C19H17ClN4O2/c20-15-4-6-18(22-13-15)23-8-10-24(11-9-23)19(25)26-16-5-3-14-2-1-7-21-17(14)12-16/h1-7,12-13H,8-11H2. The zero-order chi connectivity index (χ0) is 17.9. The lowest BCUT2D eigenvalue weighted by molar-refractivity contribution is 0.149. The van der Waals surface area contributed by atoms with Gasteiger partial charge in [0.05, 0.1) is 10.5 Å². The maximum absolute atomic E-state index is 12.4. The van der Waals surface area contributed by atoms with Crippen LogP contribution in [-0.4, -0.2) is 47.1 Å². The number of carbonyl (C=O) groups excluding carboxylic acids is 1. The summed E-state index contributed by atoms with van der Waals surface area (Å²) in [6.07, 6.45) is 3.01. The van der Waals surface area contributed by atoms with Crippen LogP contribution in [0.1, 0.15) is 0 Å². The number of anilines is 1. The Hall–Kier alpha value is -2.86. The van der Waals surface area contributed by atoms with E-state index in [0.717, 1.165) is 16.7 Å². The van der Waals surface area contributed by atoms with Crippen LogP contribution in [0.2, 0.25) is 5.02 Å². The maximum atomic E-state index is 12.4. The first kappa shape index (κ1) is 16.6. The van der Waals surface area contributed by atoms with Gasteiger partial charge >= 0.3 is 6.09 Å². The second-order valence-corrected chi connectivity index (χ2v) is 6.47. The zero-order valence-electron chi connectivity index (χ0n) is 14.0. The summed E-state index contributed by atoms with van der Waals surface area (Å²) in [4.78, 5) is 24.9. The number of amides is 1. The summed E-state index contributed by atoms with van der Waals surface area (Å²) >= 11 is 5.87. The molecule has 132 valence electrons. The van der Waals surface area contributed by atoms with Crippen molar-refractivity contribution in [2.45, 2.75) is 0 Å². The number of hydrogen-bond donors (Lipinski definition) is 0. The van der Waals surface area contributed by atoms with E-state index < -0.39 is 0 Å². The Balaban J connectivity index is 1.37. The van der Waals surface area contributed by atoms with Crippen molar-refractivity contribution >= 4 is 34.4 Å². The minimum absolute atomic E-state index is 0.344. The highest BCUT2D eigenvalue weighted by Gasteiger charge is 2.23. The number of ether oxygens (including phenoxy) is 1. The van der Waals surface area contributed by atoms with Crippen molar-refractivity contribution in [1.29, 1.82) is 0 Å². The molecule has 26 heavy (non-hydrogen) atoms. The zero-order valence-corrected chi connectivity index (χ0v) is 14.8. The average Bonchev–Trinajstić information content (AvgIpc) is 2.68. The highest BCUT2D eigenvalue weighted by Crippen LogP contribution is 2.20. The summed E-state index contributed by atoms with van der Waals surface area (Å²) in [5.41, 5.74) is 0.802. The molecular formula is C19H17ClN4O2. The first-order chi connectivity index (χ1) is 12.7. The molecule has 1 saturated heterocycles. The lowest BCUT2D eigenvalue weighted by atomic mass is 10.2.